The number of halogens is 1. The normalized spacial score (nSPS) is 13.8. The van der Waals surface area contributed by atoms with Crippen molar-refractivity contribution >= 4 is 28.4 Å². The summed E-state index contributed by atoms with van der Waals surface area (Å²) in [5.41, 5.74) is 2.02. The lowest BCUT2D eigenvalue weighted by Crippen LogP contribution is -2.25. The first-order valence-electron chi connectivity index (χ1n) is 6.71. The number of para-hydroxylation sites is 1. The molecular weight excluding hydrogens is 301 g/mol. The molecule has 22 heavy (non-hydrogen) atoms. The van der Waals surface area contributed by atoms with Crippen LogP contribution in [0.15, 0.2) is 63.6 Å². The summed E-state index contributed by atoms with van der Waals surface area (Å²) in [6, 6.07) is 13.3. The van der Waals surface area contributed by atoms with E-state index in [1.54, 1.807) is 24.3 Å². The predicted molar refractivity (Wildman–Crippen MR) is 85.1 cm³/mol. The number of aromatic nitrogens is 2. The minimum Gasteiger partial charge on any atom is -0.267 e. The summed E-state index contributed by atoms with van der Waals surface area (Å²) in [6.45, 7) is 0. The standard InChI is InChI=1S/C16H10FN3OS/c17-11-7-5-10(6-8-11)14-9-22-16-18-13-4-2-1-3-12(13)15(21)20(16)19-14/h1-8H,9H2. The zero-order chi connectivity index (χ0) is 15.1. The van der Waals surface area contributed by atoms with Crippen molar-refractivity contribution in [2.24, 2.45) is 5.10 Å². The maximum atomic E-state index is 13.0. The maximum absolute atomic E-state index is 13.0. The number of benzene rings is 2. The molecule has 0 unspecified atom stereocenters. The Labute approximate surface area is 129 Å². The van der Waals surface area contributed by atoms with E-state index in [0.29, 0.717) is 21.8 Å². The van der Waals surface area contributed by atoms with Crippen LogP contribution in [0.4, 0.5) is 4.39 Å². The van der Waals surface area contributed by atoms with Gasteiger partial charge < -0.3 is 0 Å². The van der Waals surface area contributed by atoms with Crippen molar-refractivity contribution in [3.63, 3.8) is 0 Å². The fraction of sp³-hybridized carbons (Fsp3) is 0.0625. The first-order valence-corrected chi connectivity index (χ1v) is 7.69. The first kappa shape index (κ1) is 13.2. The van der Waals surface area contributed by atoms with Gasteiger partial charge in [-0.15, -0.1) is 0 Å². The van der Waals surface area contributed by atoms with Gasteiger partial charge in [0.05, 0.1) is 16.6 Å². The molecule has 0 aliphatic carbocycles. The largest absolute Gasteiger partial charge is 0.282 e. The highest BCUT2D eigenvalue weighted by Gasteiger charge is 2.18. The van der Waals surface area contributed by atoms with Gasteiger partial charge in [-0.1, -0.05) is 36.0 Å². The first-order chi connectivity index (χ1) is 10.7. The average molecular weight is 311 g/mol. The van der Waals surface area contributed by atoms with Gasteiger partial charge in [-0.05, 0) is 29.8 Å². The Hall–Kier alpha value is -2.47. The molecule has 0 amide bonds. The number of fused-ring (bicyclic) bond motifs is 2. The van der Waals surface area contributed by atoms with Gasteiger partial charge in [0.25, 0.3) is 5.56 Å². The molecule has 2 heterocycles. The van der Waals surface area contributed by atoms with E-state index in [1.807, 2.05) is 12.1 Å². The Balaban J connectivity index is 1.90. The molecule has 6 heteroatoms. The SMILES string of the molecule is O=c1c2ccccc2nc2n1N=C(c1ccc(F)cc1)CS2. The van der Waals surface area contributed by atoms with E-state index in [2.05, 4.69) is 10.1 Å². The molecule has 0 atom stereocenters. The molecule has 2 aromatic carbocycles. The minimum atomic E-state index is -0.293. The summed E-state index contributed by atoms with van der Waals surface area (Å²) in [7, 11) is 0. The van der Waals surface area contributed by atoms with Gasteiger partial charge in [0.1, 0.15) is 5.82 Å². The Kier molecular flexibility index (Phi) is 3.04. The lowest BCUT2D eigenvalue weighted by atomic mass is 10.1. The average Bonchev–Trinajstić information content (AvgIpc) is 2.56. The molecule has 0 spiro atoms. The van der Waals surface area contributed by atoms with E-state index < -0.39 is 0 Å². The van der Waals surface area contributed by atoms with E-state index in [-0.39, 0.29) is 11.4 Å². The molecule has 1 aliphatic heterocycles. The van der Waals surface area contributed by atoms with Crippen molar-refractivity contribution in [2.45, 2.75) is 5.16 Å². The lowest BCUT2D eigenvalue weighted by molar-refractivity contribution is 0.627. The lowest BCUT2D eigenvalue weighted by Gasteiger charge is -2.16. The van der Waals surface area contributed by atoms with Crippen LogP contribution in [0.5, 0.6) is 0 Å². The molecule has 1 aromatic heterocycles. The van der Waals surface area contributed by atoms with Gasteiger partial charge >= 0.3 is 0 Å². The Morgan fingerprint density at radius 1 is 1.09 bits per heavy atom. The minimum absolute atomic E-state index is 0.188. The van der Waals surface area contributed by atoms with E-state index >= 15 is 0 Å². The third-order valence-corrected chi connectivity index (χ3v) is 4.40. The molecule has 0 N–H and O–H groups in total. The van der Waals surface area contributed by atoms with Crippen LogP contribution in [0, 0.1) is 5.82 Å². The van der Waals surface area contributed by atoms with Crippen molar-refractivity contribution < 1.29 is 4.39 Å². The van der Waals surface area contributed by atoms with Crippen LogP contribution in [0.3, 0.4) is 0 Å². The van der Waals surface area contributed by atoms with Crippen LogP contribution >= 0.6 is 11.8 Å². The summed E-state index contributed by atoms with van der Waals surface area (Å²) in [5.74, 6) is 0.300. The second-order valence-corrected chi connectivity index (χ2v) is 5.81. The van der Waals surface area contributed by atoms with Gasteiger partial charge in [0.15, 0.2) is 5.16 Å². The van der Waals surface area contributed by atoms with E-state index in [1.165, 1.54) is 28.6 Å². The monoisotopic (exact) mass is 311 g/mol. The number of hydrogen-bond donors (Lipinski definition) is 0. The molecule has 0 bridgehead atoms. The second kappa shape index (κ2) is 5.06. The van der Waals surface area contributed by atoms with Crippen LogP contribution < -0.4 is 5.56 Å². The second-order valence-electron chi connectivity index (χ2n) is 4.87. The maximum Gasteiger partial charge on any atom is 0.282 e. The Bertz CT molecular complexity index is 963. The predicted octanol–water partition coefficient (Wildman–Crippen LogP) is 2.89. The molecule has 3 aromatic rings. The summed E-state index contributed by atoms with van der Waals surface area (Å²) in [4.78, 5) is 17.0. The molecule has 108 valence electrons. The molecule has 1 aliphatic rings. The van der Waals surface area contributed by atoms with Gasteiger partial charge in [-0.3, -0.25) is 4.79 Å². The van der Waals surface area contributed by atoms with Crippen molar-refractivity contribution in [3.8, 4) is 0 Å². The molecule has 4 nitrogen and oxygen atoms in total. The van der Waals surface area contributed by atoms with Crippen molar-refractivity contribution in [2.75, 3.05) is 5.75 Å². The smallest absolute Gasteiger partial charge is 0.267 e. The van der Waals surface area contributed by atoms with Gasteiger partial charge in [0, 0.05) is 5.75 Å². The van der Waals surface area contributed by atoms with Crippen LogP contribution in [-0.2, 0) is 0 Å². The highest BCUT2D eigenvalue weighted by Crippen LogP contribution is 2.23. The summed E-state index contributed by atoms with van der Waals surface area (Å²) < 4.78 is 14.3. The van der Waals surface area contributed by atoms with E-state index in [0.717, 1.165) is 11.3 Å². The summed E-state index contributed by atoms with van der Waals surface area (Å²) in [5, 5.41) is 5.53. The third-order valence-electron chi connectivity index (χ3n) is 3.46. The van der Waals surface area contributed by atoms with Crippen molar-refractivity contribution in [1.29, 1.82) is 0 Å². The van der Waals surface area contributed by atoms with Gasteiger partial charge in [-0.25, -0.2) is 9.37 Å². The molecule has 0 fully saturated rings. The Morgan fingerprint density at radius 2 is 1.86 bits per heavy atom. The number of rotatable bonds is 1. The molecule has 0 saturated carbocycles. The van der Waals surface area contributed by atoms with Crippen LogP contribution in [0.25, 0.3) is 10.9 Å². The quantitative estimate of drug-likeness (QED) is 0.649. The van der Waals surface area contributed by atoms with E-state index in [9.17, 15) is 9.18 Å². The third kappa shape index (κ3) is 2.12. The number of thioether (sulfide) groups is 1. The molecular formula is C16H10FN3OS. The highest BCUT2D eigenvalue weighted by molar-refractivity contribution is 7.99. The van der Waals surface area contributed by atoms with E-state index in [4.69, 9.17) is 0 Å². The van der Waals surface area contributed by atoms with Crippen LogP contribution in [0.2, 0.25) is 0 Å². The fourth-order valence-corrected chi connectivity index (χ4v) is 3.25. The number of nitrogens with zero attached hydrogens (tertiary/aromatic N) is 3. The number of hydrogen-bond acceptors (Lipinski definition) is 4. The fourth-order valence-electron chi connectivity index (χ4n) is 2.35. The van der Waals surface area contributed by atoms with Crippen LogP contribution in [-0.4, -0.2) is 21.1 Å². The summed E-state index contributed by atoms with van der Waals surface area (Å²) in [6.07, 6.45) is 0. The van der Waals surface area contributed by atoms with Gasteiger partial charge in [0.2, 0.25) is 0 Å². The van der Waals surface area contributed by atoms with Gasteiger partial charge in [-0.2, -0.15) is 9.78 Å². The van der Waals surface area contributed by atoms with Crippen molar-refractivity contribution in [1.82, 2.24) is 9.66 Å². The molecule has 4 rings (SSSR count). The summed E-state index contributed by atoms with van der Waals surface area (Å²) >= 11 is 1.45. The van der Waals surface area contributed by atoms with Crippen LogP contribution in [0.1, 0.15) is 5.56 Å². The zero-order valence-electron chi connectivity index (χ0n) is 11.4. The molecule has 0 saturated heterocycles. The van der Waals surface area contributed by atoms with Crippen molar-refractivity contribution in [3.05, 3.63) is 70.3 Å². The molecule has 0 radical (unpaired) electrons. The zero-order valence-corrected chi connectivity index (χ0v) is 12.2. The Morgan fingerprint density at radius 3 is 2.68 bits per heavy atom. The highest BCUT2D eigenvalue weighted by atomic mass is 32.2. The topological polar surface area (TPSA) is 47.2 Å².